The standard InChI is InChI=1S/C23H24F2N4O3S2/c24-13-15-7-9-29(21(11-15)16-1-3-17(25)4-2-16)20-8-10-32-22-12-18(5-6-19(20)22)34(30,31)28-23-26-14-27-33-23/h1-6,12,14-15,20-21H,7-11,13H2,(H,26,27,28)/t15-,20-,21+/m1/s1. The Kier molecular flexibility index (Phi) is 6.50. The van der Waals surface area contributed by atoms with E-state index in [4.69, 9.17) is 4.74 Å². The number of rotatable bonds is 6. The van der Waals surface area contributed by atoms with Gasteiger partial charge in [-0.25, -0.2) is 17.8 Å². The van der Waals surface area contributed by atoms with Crippen molar-refractivity contribution in [1.82, 2.24) is 14.3 Å². The second-order valence-corrected chi connectivity index (χ2v) is 11.0. The fourth-order valence-electron chi connectivity index (χ4n) is 4.84. The number of piperidine rings is 1. The third-order valence-electron chi connectivity index (χ3n) is 6.51. The first-order valence-electron chi connectivity index (χ1n) is 11.1. The summed E-state index contributed by atoms with van der Waals surface area (Å²) >= 11 is 0.954. The van der Waals surface area contributed by atoms with Crippen molar-refractivity contribution in [3.8, 4) is 5.75 Å². The quantitative estimate of drug-likeness (QED) is 0.521. The first-order chi connectivity index (χ1) is 16.4. The van der Waals surface area contributed by atoms with E-state index in [0.29, 0.717) is 25.3 Å². The van der Waals surface area contributed by atoms with Crippen LogP contribution in [0.3, 0.4) is 0 Å². The number of sulfonamides is 1. The summed E-state index contributed by atoms with van der Waals surface area (Å²) in [5, 5.41) is 0.189. The van der Waals surface area contributed by atoms with Crippen LogP contribution in [0.1, 0.15) is 42.5 Å². The molecule has 0 spiro atoms. The minimum atomic E-state index is -3.84. The van der Waals surface area contributed by atoms with Crippen molar-refractivity contribution >= 4 is 26.7 Å². The molecule has 3 atom stereocenters. The average Bonchev–Trinajstić information content (AvgIpc) is 3.36. The van der Waals surface area contributed by atoms with Gasteiger partial charge >= 0.3 is 0 Å². The number of fused-ring (bicyclic) bond motifs is 1. The van der Waals surface area contributed by atoms with E-state index in [1.807, 2.05) is 0 Å². The zero-order valence-corrected chi connectivity index (χ0v) is 19.9. The van der Waals surface area contributed by atoms with Gasteiger partial charge in [-0.05, 0) is 49.1 Å². The molecule has 1 fully saturated rings. The van der Waals surface area contributed by atoms with Crippen LogP contribution in [0.2, 0.25) is 0 Å². The second kappa shape index (κ2) is 9.55. The smallest absolute Gasteiger partial charge is 0.263 e. The van der Waals surface area contributed by atoms with Crippen molar-refractivity contribution in [3.05, 3.63) is 65.7 Å². The highest BCUT2D eigenvalue weighted by Crippen LogP contribution is 2.45. The van der Waals surface area contributed by atoms with Crippen molar-refractivity contribution in [1.29, 1.82) is 0 Å². The molecule has 1 saturated heterocycles. The number of anilines is 1. The van der Waals surface area contributed by atoms with Crippen molar-refractivity contribution in [3.63, 3.8) is 0 Å². The van der Waals surface area contributed by atoms with Gasteiger partial charge in [0.1, 0.15) is 17.9 Å². The summed E-state index contributed by atoms with van der Waals surface area (Å²) in [5.41, 5.74) is 1.85. The lowest BCUT2D eigenvalue weighted by atomic mass is 9.85. The lowest BCUT2D eigenvalue weighted by molar-refractivity contribution is 0.0394. The summed E-state index contributed by atoms with van der Waals surface area (Å²) in [6.45, 7) is 0.752. The number of ether oxygens (including phenoxy) is 1. The van der Waals surface area contributed by atoms with Gasteiger partial charge in [-0.3, -0.25) is 14.0 Å². The summed E-state index contributed by atoms with van der Waals surface area (Å²) in [4.78, 5) is 6.28. The molecule has 11 heteroatoms. The molecule has 2 aromatic carbocycles. The van der Waals surface area contributed by atoms with Crippen molar-refractivity contribution in [2.45, 2.75) is 36.2 Å². The highest BCUT2D eigenvalue weighted by Gasteiger charge is 2.37. The lowest BCUT2D eigenvalue weighted by Crippen LogP contribution is -2.41. The number of aromatic nitrogens is 2. The molecule has 180 valence electrons. The van der Waals surface area contributed by atoms with Crippen molar-refractivity contribution < 1.29 is 21.9 Å². The highest BCUT2D eigenvalue weighted by molar-refractivity contribution is 7.93. The Morgan fingerprint density at radius 1 is 1.15 bits per heavy atom. The van der Waals surface area contributed by atoms with E-state index in [-0.39, 0.29) is 40.5 Å². The topological polar surface area (TPSA) is 84.4 Å². The molecule has 2 aliphatic heterocycles. The first-order valence-corrected chi connectivity index (χ1v) is 13.3. The van der Waals surface area contributed by atoms with Gasteiger partial charge in [0.05, 0.1) is 18.2 Å². The minimum Gasteiger partial charge on any atom is -0.493 e. The third kappa shape index (κ3) is 4.64. The van der Waals surface area contributed by atoms with Crippen LogP contribution >= 0.6 is 11.5 Å². The average molecular weight is 507 g/mol. The van der Waals surface area contributed by atoms with Crippen LogP contribution in [0, 0.1) is 11.7 Å². The largest absolute Gasteiger partial charge is 0.493 e. The summed E-state index contributed by atoms with van der Waals surface area (Å²) < 4.78 is 64.8. The molecule has 3 heterocycles. The molecule has 0 bridgehead atoms. The Morgan fingerprint density at radius 2 is 1.97 bits per heavy atom. The van der Waals surface area contributed by atoms with Gasteiger partial charge in [0.25, 0.3) is 10.0 Å². The molecule has 0 amide bonds. The molecule has 1 aromatic heterocycles. The fraction of sp³-hybridized carbons (Fsp3) is 0.391. The van der Waals surface area contributed by atoms with Crippen molar-refractivity contribution in [2.75, 3.05) is 24.5 Å². The summed E-state index contributed by atoms with van der Waals surface area (Å²) in [5.74, 6) is 0.173. The Morgan fingerprint density at radius 3 is 2.71 bits per heavy atom. The summed E-state index contributed by atoms with van der Waals surface area (Å²) in [7, 11) is -3.84. The maximum Gasteiger partial charge on any atom is 0.263 e. The third-order valence-corrected chi connectivity index (χ3v) is 8.56. The van der Waals surface area contributed by atoms with Gasteiger partial charge < -0.3 is 4.74 Å². The zero-order valence-electron chi connectivity index (χ0n) is 18.2. The van der Waals surface area contributed by atoms with Gasteiger partial charge in [0.2, 0.25) is 5.13 Å². The summed E-state index contributed by atoms with van der Waals surface area (Å²) in [6.07, 6.45) is 3.39. The molecule has 2 aliphatic rings. The normalized spacial score (nSPS) is 23.2. The molecule has 0 saturated carbocycles. The number of halogens is 2. The highest BCUT2D eigenvalue weighted by atomic mass is 32.2. The molecule has 34 heavy (non-hydrogen) atoms. The van der Waals surface area contributed by atoms with E-state index in [9.17, 15) is 17.2 Å². The number of alkyl halides is 1. The monoisotopic (exact) mass is 506 g/mol. The van der Waals surface area contributed by atoms with Crippen LogP contribution in [0.15, 0.2) is 53.7 Å². The SMILES string of the molecule is O=S(=O)(Nc1ncns1)c1ccc2c(c1)OCC[C@H]2N1CC[C@@H](CF)C[C@H]1c1ccc(F)cc1. The number of hydrogen-bond acceptors (Lipinski definition) is 7. The van der Waals surface area contributed by atoms with Crippen LogP contribution in [0.5, 0.6) is 5.75 Å². The zero-order chi connectivity index (χ0) is 23.7. The van der Waals surface area contributed by atoms with Crippen LogP contribution in [0.4, 0.5) is 13.9 Å². The van der Waals surface area contributed by atoms with E-state index < -0.39 is 10.0 Å². The van der Waals surface area contributed by atoms with Crippen LogP contribution < -0.4 is 9.46 Å². The maximum atomic E-state index is 13.6. The Hall–Kier alpha value is -2.63. The first kappa shape index (κ1) is 23.1. The number of benzene rings is 2. The van der Waals surface area contributed by atoms with E-state index in [2.05, 4.69) is 19.0 Å². The van der Waals surface area contributed by atoms with E-state index in [0.717, 1.165) is 35.5 Å². The molecular formula is C23H24F2N4O3S2. The number of likely N-dealkylation sites (tertiary alicyclic amines) is 1. The molecule has 5 rings (SSSR count). The van der Waals surface area contributed by atoms with E-state index in [1.54, 1.807) is 24.3 Å². The molecular weight excluding hydrogens is 482 g/mol. The number of nitrogens with one attached hydrogen (secondary N) is 1. The fourth-order valence-corrected chi connectivity index (χ4v) is 6.51. The van der Waals surface area contributed by atoms with Gasteiger partial charge in [0.15, 0.2) is 0 Å². The van der Waals surface area contributed by atoms with Crippen LogP contribution in [-0.2, 0) is 10.0 Å². The molecule has 3 aromatic rings. The Labute approximate surface area is 201 Å². The van der Waals surface area contributed by atoms with Crippen LogP contribution in [-0.4, -0.2) is 42.5 Å². The van der Waals surface area contributed by atoms with Gasteiger partial charge in [0, 0.05) is 41.7 Å². The number of nitrogens with zero attached hydrogens (tertiary/aromatic N) is 3. The van der Waals surface area contributed by atoms with Crippen LogP contribution in [0.25, 0.3) is 0 Å². The van der Waals surface area contributed by atoms with Gasteiger partial charge in [-0.15, -0.1) is 0 Å². The lowest BCUT2D eigenvalue weighted by Gasteiger charge is -2.45. The molecule has 1 N–H and O–H groups in total. The van der Waals surface area contributed by atoms with Gasteiger partial charge in [-0.2, -0.15) is 4.37 Å². The second-order valence-electron chi connectivity index (χ2n) is 8.55. The van der Waals surface area contributed by atoms with E-state index in [1.165, 1.54) is 24.5 Å². The van der Waals surface area contributed by atoms with E-state index >= 15 is 0 Å². The molecule has 0 radical (unpaired) electrons. The Bertz CT molecular complexity index is 1240. The molecule has 0 unspecified atom stereocenters. The predicted octanol–water partition coefficient (Wildman–Crippen LogP) is 4.72. The minimum absolute atomic E-state index is 0.0211. The van der Waals surface area contributed by atoms with Gasteiger partial charge in [-0.1, -0.05) is 18.2 Å². The predicted molar refractivity (Wildman–Crippen MR) is 125 cm³/mol. The number of hydrogen-bond donors (Lipinski definition) is 1. The molecule has 7 nitrogen and oxygen atoms in total. The Balaban J connectivity index is 1.45. The molecule has 0 aliphatic carbocycles. The summed E-state index contributed by atoms with van der Waals surface area (Å²) in [6, 6.07) is 11.2. The van der Waals surface area contributed by atoms with Crippen molar-refractivity contribution in [2.24, 2.45) is 5.92 Å². The maximum absolute atomic E-state index is 13.6.